The highest BCUT2D eigenvalue weighted by Crippen LogP contribution is 2.23. The Morgan fingerprint density at radius 2 is 2.19 bits per heavy atom. The molecule has 1 unspecified atom stereocenters. The second-order valence-electron chi connectivity index (χ2n) is 3.42. The predicted octanol–water partition coefficient (Wildman–Crippen LogP) is 2.52. The highest BCUT2D eigenvalue weighted by molar-refractivity contribution is 6.33. The van der Waals surface area contributed by atoms with E-state index >= 15 is 0 Å². The average Bonchev–Trinajstić information content (AvgIpc) is 2.28. The summed E-state index contributed by atoms with van der Waals surface area (Å²) in [5.41, 5.74) is 0.638. The first kappa shape index (κ1) is 12.5. The normalized spacial score (nSPS) is 11.7. The fourth-order valence-electron chi connectivity index (χ4n) is 1.17. The van der Waals surface area contributed by atoms with Crippen molar-refractivity contribution in [2.24, 2.45) is 0 Å². The van der Waals surface area contributed by atoms with E-state index in [4.69, 9.17) is 17.0 Å². The molecule has 2 amide bonds. The topological polar surface area (TPSA) is 56.2 Å². The van der Waals surface area contributed by atoms with Crippen LogP contribution in [0.4, 0.5) is 10.5 Å². The number of rotatable bonds is 3. The van der Waals surface area contributed by atoms with Crippen LogP contribution in [0.3, 0.4) is 0 Å². The third kappa shape index (κ3) is 2.97. The fraction of sp³-hybridized carbons (Fsp3) is 0.273. The number of nitrogens with zero attached hydrogens (tertiary/aromatic N) is 1. The molecule has 0 spiro atoms. The number of hydrogen-bond acceptors (Lipinski definition) is 2. The van der Waals surface area contributed by atoms with Gasteiger partial charge in [0.1, 0.15) is 0 Å². The van der Waals surface area contributed by atoms with Gasteiger partial charge >= 0.3 is 6.03 Å². The molecular formula is C11H14ClN3O. The summed E-state index contributed by atoms with van der Waals surface area (Å²) in [4.78, 5) is 13.1. The number of para-hydroxylation sites is 1. The molecule has 0 bridgehead atoms. The summed E-state index contributed by atoms with van der Waals surface area (Å²) in [6.45, 7) is 1.73. The summed E-state index contributed by atoms with van der Waals surface area (Å²) >= 11 is 5.97. The van der Waals surface area contributed by atoms with Crippen LogP contribution in [0.25, 0.3) is 0 Å². The molecule has 0 aliphatic rings. The van der Waals surface area contributed by atoms with E-state index in [1.54, 1.807) is 32.2 Å². The first-order chi connectivity index (χ1) is 7.56. The summed E-state index contributed by atoms with van der Waals surface area (Å²) in [6, 6.07) is 6.52. The third-order valence-electron chi connectivity index (χ3n) is 2.12. The minimum absolute atomic E-state index is 0.288. The highest BCUT2D eigenvalue weighted by Gasteiger charge is 2.14. The quantitative estimate of drug-likeness (QED) is 0.783. The average molecular weight is 240 g/mol. The molecule has 0 saturated carbocycles. The Morgan fingerprint density at radius 1 is 1.56 bits per heavy atom. The van der Waals surface area contributed by atoms with Gasteiger partial charge in [0.05, 0.1) is 16.8 Å². The molecule has 86 valence electrons. The Balaban J connectivity index is 2.78. The molecule has 1 aromatic rings. The van der Waals surface area contributed by atoms with Gasteiger partial charge in [0.15, 0.2) is 0 Å². The van der Waals surface area contributed by atoms with Crippen LogP contribution in [-0.2, 0) is 0 Å². The Morgan fingerprint density at radius 3 is 2.75 bits per heavy atom. The van der Waals surface area contributed by atoms with Crippen molar-refractivity contribution in [3.63, 3.8) is 0 Å². The van der Waals surface area contributed by atoms with Crippen molar-refractivity contribution in [2.45, 2.75) is 13.0 Å². The smallest absolute Gasteiger partial charge is 0.322 e. The van der Waals surface area contributed by atoms with E-state index in [0.717, 1.165) is 0 Å². The van der Waals surface area contributed by atoms with Crippen LogP contribution in [0.2, 0.25) is 5.02 Å². The SMILES string of the molecule is CC(C=N)NC(=O)N(C)c1ccccc1Cl. The number of anilines is 1. The van der Waals surface area contributed by atoms with Gasteiger partial charge in [0, 0.05) is 13.3 Å². The van der Waals surface area contributed by atoms with Crippen LogP contribution in [0.1, 0.15) is 6.92 Å². The fourth-order valence-corrected chi connectivity index (χ4v) is 1.43. The number of benzene rings is 1. The number of halogens is 1. The van der Waals surface area contributed by atoms with E-state index in [9.17, 15) is 4.79 Å². The van der Waals surface area contributed by atoms with E-state index in [0.29, 0.717) is 10.7 Å². The molecule has 1 rings (SSSR count). The Hall–Kier alpha value is -1.55. The van der Waals surface area contributed by atoms with Crippen molar-refractivity contribution >= 4 is 29.5 Å². The molecule has 0 aliphatic carbocycles. The van der Waals surface area contributed by atoms with Crippen LogP contribution >= 0.6 is 11.6 Å². The second kappa shape index (κ2) is 5.51. The van der Waals surface area contributed by atoms with Crippen molar-refractivity contribution in [1.82, 2.24) is 5.32 Å². The molecule has 1 atom stereocenters. The van der Waals surface area contributed by atoms with Crippen molar-refractivity contribution in [1.29, 1.82) is 5.41 Å². The number of urea groups is 1. The van der Waals surface area contributed by atoms with Gasteiger partial charge in [-0.15, -0.1) is 0 Å². The zero-order chi connectivity index (χ0) is 12.1. The van der Waals surface area contributed by atoms with Gasteiger partial charge in [-0.05, 0) is 19.1 Å². The van der Waals surface area contributed by atoms with Gasteiger partial charge in [-0.3, -0.25) is 4.90 Å². The van der Waals surface area contributed by atoms with E-state index in [-0.39, 0.29) is 12.1 Å². The maximum Gasteiger partial charge on any atom is 0.322 e. The van der Waals surface area contributed by atoms with Crippen LogP contribution in [0.15, 0.2) is 24.3 Å². The van der Waals surface area contributed by atoms with Gasteiger partial charge in [-0.25, -0.2) is 4.79 Å². The number of carbonyl (C=O) groups excluding carboxylic acids is 1. The maximum absolute atomic E-state index is 11.7. The van der Waals surface area contributed by atoms with Crippen molar-refractivity contribution in [2.75, 3.05) is 11.9 Å². The molecule has 0 heterocycles. The maximum atomic E-state index is 11.7. The van der Waals surface area contributed by atoms with Gasteiger partial charge in [-0.1, -0.05) is 23.7 Å². The number of amides is 2. The molecule has 0 aliphatic heterocycles. The molecule has 0 fully saturated rings. The number of hydrogen-bond donors (Lipinski definition) is 2. The van der Waals surface area contributed by atoms with Crippen LogP contribution in [0, 0.1) is 5.41 Å². The summed E-state index contributed by atoms with van der Waals surface area (Å²) in [5.74, 6) is 0. The zero-order valence-electron chi connectivity index (χ0n) is 9.20. The molecule has 0 radical (unpaired) electrons. The Labute approximate surface area is 99.7 Å². The lowest BCUT2D eigenvalue weighted by Gasteiger charge is -2.20. The van der Waals surface area contributed by atoms with Gasteiger partial charge in [-0.2, -0.15) is 0 Å². The molecule has 2 N–H and O–H groups in total. The lowest BCUT2D eigenvalue weighted by molar-refractivity contribution is 0.247. The molecule has 0 saturated heterocycles. The predicted molar refractivity (Wildman–Crippen MR) is 66.6 cm³/mol. The minimum atomic E-state index is -0.294. The largest absolute Gasteiger partial charge is 0.330 e. The Kier molecular flexibility index (Phi) is 4.31. The monoisotopic (exact) mass is 239 g/mol. The van der Waals surface area contributed by atoms with E-state index in [1.807, 2.05) is 6.07 Å². The summed E-state index contributed by atoms with van der Waals surface area (Å²) in [6.07, 6.45) is 1.17. The Bertz CT molecular complexity index is 395. The van der Waals surface area contributed by atoms with Crippen molar-refractivity contribution in [3.05, 3.63) is 29.3 Å². The van der Waals surface area contributed by atoms with E-state index < -0.39 is 0 Å². The first-order valence-corrected chi connectivity index (χ1v) is 5.23. The lowest BCUT2D eigenvalue weighted by atomic mass is 10.3. The standard InChI is InChI=1S/C11H14ClN3O/c1-8(7-13)14-11(16)15(2)10-6-4-3-5-9(10)12/h3-8,13H,1-2H3,(H,14,16). The van der Waals surface area contributed by atoms with Crippen LogP contribution in [-0.4, -0.2) is 25.3 Å². The molecule has 5 heteroatoms. The molecule has 4 nitrogen and oxygen atoms in total. The van der Waals surface area contributed by atoms with Gasteiger partial charge in [0.2, 0.25) is 0 Å². The molecular weight excluding hydrogens is 226 g/mol. The minimum Gasteiger partial charge on any atom is -0.330 e. The molecule has 16 heavy (non-hydrogen) atoms. The summed E-state index contributed by atoms with van der Waals surface area (Å²) < 4.78 is 0. The first-order valence-electron chi connectivity index (χ1n) is 4.85. The van der Waals surface area contributed by atoms with Gasteiger partial charge in [0.25, 0.3) is 0 Å². The molecule has 0 aromatic heterocycles. The third-order valence-corrected chi connectivity index (χ3v) is 2.44. The van der Waals surface area contributed by atoms with Gasteiger partial charge < -0.3 is 10.7 Å². The summed E-state index contributed by atoms with van der Waals surface area (Å²) in [7, 11) is 1.63. The van der Waals surface area contributed by atoms with Crippen LogP contribution in [0.5, 0.6) is 0 Å². The van der Waals surface area contributed by atoms with E-state index in [2.05, 4.69) is 5.32 Å². The highest BCUT2D eigenvalue weighted by atomic mass is 35.5. The van der Waals surface area contributed by atoms with E-state index in [1.165, 1.54) is 11.1 Å². The second-order valence-corrected chi connectivity index (χ2v) is 3.82. The summed E-state index contributed by atoms with van der Waals surface area (Å²) in [5, 5.41) is 10.2. The number of nitrogens with one attached hydrogen (secondary N) is 2. The molecule has 1 aromatic carbocycles. The van der Waals surface area contributed by atoms with Crippen molar-refractivity contribution < 1.29 is 4.79 Å². The van der Waals surface area contributed by atoms with Crippen LogP contribution < -0.4 is 10.2 Å². The number of carbonyl (C=O) groups is 1. The lowest BCUT2D eigenvalue weighted by Crippen LogP contribution is -2.42. The van der Waals surface area contributed by atoms with Crippen molar-refractivity contribution in [3.8, 4) is 0 Å². The zero-order valence-corrected chi connectivity index (χ0v) is 9.95.